The third kappa shape index (κ3) is 14.1. The number of hydrogen-bond donors (Lipinski definition) is 3. The Morgan fingerprint density at radius 1 is 0.378 bits per heavy atom. The van der Waals surface area contributed by atoms with E-state index in [-0.39, 0.29) is 74.0 Å². The van der Waals surface area contributed by atoms with Crippen LogP contribution in [0.25, 0.3) is 110 Å². The first kappa shape index (κ1) is 78.6. The van der Waals surface area contributed by atoms with Crippen molar-refractivity contribution in [3.8, 4) is 96.4 Å². The number of methoxy groups -OCH3 is 3. The third-order valence-electron chi connectivity index (χ3n) is 22.5. The Labute approximate surface area is 688 Å². The predicted octanol–water partition coefficient (Wildman–Crippen LogP) is 18.9. The van der Waals surface area contributed by atoms with Crippen LogP contribution in [0.4, 0.5) is 0 Å². The lowest BCUT2D eigenvalue weighted by Gasteiger charge is -2.20. The number of ketones is 2. The highest BCUT2D eigenvalue weighted by Crippen LogP contribution is 2.49. The maximum atomic E-state index is 14.1. The van der Waals surface area contributed by atoms with Crippen LogP contribution in [0, 0.1) is 22.3 Å². The molecule has 3 N–H and O–H groups in total. The Hall–Kier alpha value is -14.2. The van der Waals surface area contributed by atoms with Gasteiger partial charge in [0.2, 0.25) is 37.1 Å². The summed E-state index contributed by atoms with van der Waals surface area (Å²) >= 11 is 0. The minimum atomic E-state index is -0.120. The van der Waals surface area contributed by atoms with E-state index in [2.05, 4.69) is 106 Å². The molecule has 592 valence electrons. The van der Waals surface area contributed by atoms with Gasteiger partial charge in [-0.2, -0.15) is 13.4 Å². The molecule has 0 bridgehead atoms. The number of aryl methyl sites for hydroxylation is 1. The molecule has 0 radical (unpaired) electrons. The van der Waals surface area contributed by atoms with E-state index in [1.54, 1.807) is 27.4 Å². The van der Waals surface area contributed by atoms with Crippen molar-refractivity contribution in [2.45, 2.75) is 39.2 Å². The molecule has 4 aliphatic heterocycles. The Morgan fingerprint density at radius 2 is 0.773 bits per heavy atom. The van der Waals surface area contributed by atoms with Gasteiger partial charge in [0.15, 0.2) is 83.6 Å². The second-order valence-electron chi connectivity index (χ2n) is 28.9. The molecule has 9 heterocycles. The minimum absolute atomic E-state index is 0. The summed E-state index contributed by atoms with van der Waals surface area (Å²) in [7, 11) is 4.86. The molecule has 17 nitrogen and oxygen atoms in total. The number of rotatable bonds is 15. The van der Waals surface area contributed by atoms with Crippen LogP contribution in [-0.2, 0) is 39.2 Å². The van der Waals surface area contributed by atoms with E-state index in [0.29, 0.717) is 75.3 Å². The molecule has 0 saturated heterocycles. The minimum Gasteiger partial charge on any atom is -0.495 e. The van der Waals surface area contributed by atoms with E-state index in [1.807, 2.05) is 181 Å². The van der Waals surface area contributed by atoms with Gasteiger partial charge in [-0.05, 0) is 85.3 Å². The van der Waals surface area contributed by atoms with Crippen molar-refractivity contribution >= 4 is 76.5 Å². The van der Waals surface area contributed by atoms with Crippen LogP contribution >= 0.6 is 0 Å². The van der Waals surface area contributed by atoms with Gasteiger partial charge >= 0.3 is 0 Å². The van der Waals surface area contributed by atoms with Crippen molar-refractivity contribution in [2.24, 2.45) is 0 Å². The smallest absolute Gasteiger partial charge is 0.231 e. The Balaban J connectivity index is 0.000000131. The maximum absolute atomic E-state index is 14.1. The molecule has 4 aliphatic rings. The van der Waals surface area contributed by atoms with Gasteiger partial charge in [0.1, 0.15) is 17.2 Å². The SMILES string of the molecule is COc1c(CO)ccc2cc3[n+](cc12)CCc1c2c(cc(C(=O)c4ccc(-c5ccccc5)cc4)c1-3)OCO2.COc1c(CO)ccc2cc3c4c(C(=O)c5ccc(-c6ccccc6)cc5)cc5c(c4cc[n+]3cc12)OCO5.COc1c(CO)ccc2cc3c4c(Cc5ccc(-c6ccccc6)cc5)cc5c(c4cc[n+]3cc12)OCO5.[CH3-].[CH3-].[CH3-]. The fourth-order valence-electron chi connectivity index (χ4n) is 16.9. The van der Waals surface area contributed by atoms with E-state index >= 15 is 0 Å². The highest BCUT2D eigenvalue weighted by Gasteiger charge is 2.37. The molecule has 0 fully saturated rings. The molecular weight excluding hydrogens is 1490 g/mol. The normalized spacial score (nSPS) is 12.4. The number of carbonyl (C=O) groups is 2. The second kappa shape index (κ2) is 33.2. The first-order valence-corrected chi connectivity index (χ1v) is 38.3. The largest absolute Gasteiger partial charge is 0.495 e. The molecule has 17 aromatic rings. The zero-order chi connectivity index (χ0) is 78.7. The number of benzene rings is 12. The first-order chi connectivity index (χ1) is 57.0. The van der Waals surface area contributed by atoms with Crippen molar-refractivity contribution in [1.29, 1.82) is 0 Å². The van der Waals surface area contributed by atoms with Crippen molar-refractivity contribution < 1.29 is 80.9 Å². The lowest BCUT2D eigenvalue weighted by Crippen LogP contribution is -2.40. The van der Waals surface area contributed by atoms with Crippen LogP contribution in [0.5, 0.6) is 51.7 Å². The first-order valence-electron chi connectivity index (χ1n) is 38.3. The second-order valence-corrected chi connectivity index (χ2v) is 28.9. The molecule has 119 heavy (non-hydrogen) atoms. The Bertz CT molecular complexity index is 6810. The summed E-state index contributed by atoms with van der Waals surface area (Å²) in [5.74, 6) is 5.94. The zero-order valence-electron chi connectivity index (χ0n) is 66.6. The van der Waals surface area contributed by atoms with Gasteiger partial charge in [0.25, 0.3) is 0 Å². The number of pyridine rings is 5. The molecule has 0 aliphatic carbocycles. The number of aliphatic hydroxyl groups excluding tert-OH is 3. The van der Waals surface area contributed by atoms with Gasteiger partial charge in [-0.1, -0.05) is 200 Å². The standard InChI is InChI=1S/C33H26NO5.C33H24NO5.C33H26NO4.3CH3/c2*1-37-32-24(18-35)12-11-23-15-28-30-25(13-14-34(28)17-27(23)32)33-29(38-19-39-33)16-26(30)31(36)22-9-7-21(8-10-22)20-5-3-2-4-6-20;1-36-32-25(19-35)12-11-24-16-29-31-26(15-21-7-9-23(10-8-21)22-5-3-2-4-6-22)17-30-33(38-20-37-30)27(31)13-14-34(29)18-28(24)32;;;/h2-12,15-17,35H,13-14,18-19H2,1H3;2-17,35H,18-19H2,1H3;2-14,16-18,35H,15,19-20H2,1H3;3*1H3/q3*+1;3*-1. The van der Waals surface area contributed by atoms with Crippen molar-refractivity contribution in [2.75, 3.05) is 41.7 Å². The van der Waals surface area contributed by atoms with E-state index in [1.165, 1.54) is 22.3 Å². The van der Waals surface area contributed by atoms with Crippen molar-refractivity contribution in [3.05, 3.63) is 358 Å². The summed E-state index contributed by atoms with van der Waals surface area (Å²) in [6, 6.07) is 82.6. The van der Waals surface area contributed by atoms with Crippen LogP contribution in [0.15, 0.2) is 280 Å². The van der Waals surface area contributed by atoms with Crippen molar-refractivity contribution in [3.63, 3.8) is 0 Å². The van der Waals surface area contributed by atoms with Gasteiger partial charge < -0.3 is 80.2 Å². The molecule has 0 atom stereocenters. The number of nitrogens with zero attached hydrogens (tertiary/aromatic N) is 3. The van der Waals surface area contributed by atoms with E-state index in [0.717, 1.165) is 139 Å². The quantitative estimate of drug-likeness (QED) is 0.0289. The molecule has 21 rings (SSSR count). The molecule has 0 amide bonds. The maximum Gasteiger partial charge on any atom is 0.231 e. The summed E-state index contributed by atoms with van der Waals surface area (Å²) < 4.78 is 58.2. The average molecular weight is 1580 g/mol. The van der Waals surface area contributed by atoms with Crippen molar-refractivity contribution in [1.82, 2.24) is 0 Å². The Kier molecular flexibility index (Phi) is 21.9. The average Bonchev–Trinajstić information content (AvgIpc) is 1.73. The summed E-state index contributed by atoms with van der Waals surface area (Å²) in [5, 5.41) is 38.8. The fraction of sp³-hybridized carbons (Fsp3) is 0.118. The fourth-order valence-corrected chi connectivity index (χ4v) is 16.9. The van der Waals surface area contributed by atoms with Crippen LogP contribution < -0.4 is 56.0 Å². The predicted molar refractivity (Wildman–Crippen MR) is 463 cm³/mol. The summed E-state index contributed by atoms with van der Waals surface area (Å²) in [6.45, 7) is 0.894. The van der Waals surface area contributed by atoms with Gasteiger partial charge in [0, 0.05) is 92.0 Å². The van der Waals surface area contributed by atoms with E-state index < -0.39 is 0 Å². The summed E-state index contributed by atoms with van der Waals surface area (Å²) in [4.78, 5) is 28.1. The molecule has 0 unspecified atom stereocenters. The summed E-state index contributed by atoms with van der Waals surface area (Å²) in [5.41, 5.74) is 18.4. The number of ether oxygens (including phenoxy) is 9. The van der Waals surface area contributed by atoms with Gasteiger partial charge in [-0.15, -0.1) is 0 Å². The summed E-state index contributed by atoms with van der Waals surface area (Å²) in [6.07, 6.45) is 11.5. The highest BCUT2D eigenvalue weighted by molar-refractivity contribution is 6.21. The van der Waals surface area contributed by atoms with E-state index in [4.69, 9.17) is 42.6 Å². The molecule has 12 aromatic carbocycles. The van der Waals surface area contributed by atoms with Crippen LogP contribution in [0.1, 0.15) is 65.2 Å². The van der Waals surface area contributed by atoms with Gasteiger partial charge in [-0.25, -0.2) is 0 Å². The van der Waals surface area contributed by atoms with Gasteiger partial charge in [0.05, 0.1) is 73.6 Å². The number of fused-ring (bicyclic) bond motifs is 18. The van der Waals surface area contributed by atoms with Crippen LogP contribution in [0.3, 0.4) is 0 Å². The molecule has 0 spiro atoms. The molecular formula is C102H85N3O14. The lowest BCUT2D eigenvalue weighted by atomic mass is 9.87. The van der Waals surface area contributed by atoms with Gasteiger partial charge in [-0.3, -0.25) is 9.59 Å². The molecule has 17 heteroatoms. The van der Waals surface area contributed by atoms with Crippen LogP contribution in [-0.4, -0.2) is 68.6 Å². The van der Waals surface area contributed by atoms with E-state index in [9.17, 15) is 24.9 Å². The Morgan fingerprint density at radius 3 is 1.24 bits per heavy atom. The molecule has 5 aromatic heterocycles. The topological polar surface area (TPSA) is 190 Å². The number of carbonyl (C=O) groups excluding carboxylic acids is 2. The van der Waals surface area contributed by atoms with Crippen LogP contribution in [0.2, 0.25) is 0 Å². The highest BCUT2D eigenvalue weighted by atomic mass is 16.7. The third-order valence-corrected chi connectivity index (χ3v) is 22.5. The lowest BCUT2D eigenvalue weighted by molar-refractivity contribution is -0.686. The number of hydrogen-bond acceptors (Lipinski definition) is 14. The number of aliphatic hydroxyl groups is 3. The molecule has 0 saturated carbocycles. The monoisotopic (exact) mass is 1580 g/mol. The zero-order valence-corrected chi connectivity index (χ0v) is 66.6. The number of aromatic nitrogens is 3.